The Bertz CT molecular complexity index is 457. The smallest absolute Gasteiger partial charge is 0.322 e. The maximum Gasteiger partial charge on any atom is 0.322 e. The Hall–Kier alpha value is -1.01. The first-order chi connectivity index (χ1) is 12.9. The lowest BCUT2D eigenvalue weighted by Gasteiger charge is -2.16. The number of nitrogens with two attached hydrogens (primary N) is 1. The van der Waals surface area contributed by atoms with Gasteiger partial charge in [-0.2, -0.15) is 0 Å². The van der Waals surface area contributed by atoms with Crippen molar-refractivity contribution in [2.45, 2.75) is 44.3 Å². The van der Waals surface area contributed by atoms with Crippen LogP contribution in [-0.2, 0) is 19.1 Å². The molecule has 158 valence electrons. The molecule has 27 heavy (non-hydrogen) atoms. The van der Waals surface area contributed by atoms with Gasteiger partial charge in [-0.15, -0.1) is 0 Å². The quantitative estimate of drug-likeness (QED) is 0.128. The first-order valence-electron chi connectivity index (χ1n) is 8.88. The van der Waals surface area contributed by atoms with E-state index in [1.807, 2.05) is 0 Å². The van der Waals surface area contributed by atoms with Crippen molar-refractivity contribution in [3.05, 3.63) is 0 Å². The number of aliphatic carboxylic acids is 1. The summed E-state index contributed by atoms with van der Waals surface area (Å²) >= 11 is 0. The van der Waals surface area contributed by atoms with Crippen LogP contribution in [0.25, 0.3) is 0 Å². The summed E-state index contributed by atoms with van der Waals surface area (Å²) in [4.78, 5) is 34.5. The minimum atomic E-state index is -0.892. The number of likely N-dealkylation sites (N-methyl/N-ethyl adjacent to an activating group) is 2. The van der Waals surface area contributed by atoms with Crippen LogP contribution in [0.2, 0.25) is 0 Å². The van der Waals surface area contributed by atoms with Crippen molar-refractivity contribution >= 4 is 39.4 Å². The van der Waals surface area contributed by atoms with E-state index in [9.17, 15) is 14.4 Å². The van der Waals surface area contributed by atoms with Gasteiger partial charge in [-0.1, -0.05) is 21.6 Å². The second kappa shape index (κ2) is 16.0. The lowest BCUT2D eigenvalue weighted by atomic mass is 10.1. The molecule has 0 bridgehead atoms. The Morgan fingerprint density at radius 3 is 2.19 bits per heavy atom. The molecule has 9 nitrogen and oxygen atoms in total. The minimum absolute atomic E-state index is 0.108. The lowest BCUT2D eigenvalue weighted by molar-refractivity contribution is -0.145. The van der Waals surface area contributed by atoms with Gasteiger partial charge in [-0.25, -0.2) is 0 Å². The standard InChI is InChI=1S/C16H32N4O5S2/c1-4-25-16(24)11(17)7-5-6-8-20-14(21)12(18-2)9-26-27-10-13(19-3)15(22)23/h11-13,18-19H,4-10,17H2,1-3H3,(H,20,21)(H,22,23). The zero-order chi connectivity index (χ0) is 20.7. The highest BCUT2D eigenvalue weighted by Crippen LogP contribution is 2.23. The number of esters is 1. The van der Waals surface area contributed by atoms with Gasteiger partial charge in [0, 0.05) is 18.1 Å². The molecule has 6 N–H and O–H groups in total. The molecule has 0 saturated carbocycles. The van der Waals surface area contributed by atoms with Crippen LogP contribution in [0.5, 0.6) is 0 Å². The van der Waals surface area contributed by atoms with Crippen molar-refractivity contribution < 1.29 is 24.2 Å². The van der Waals surface area contributed by atoms with Crippen LogP contribution in [-0.4, -0.2) is 79.8 Å². The van der Waals surface area contributed by atoms with Gasteiger partial charge in [0.25, 0.3) is 0 Å². The Kier molecular flexibility index (Phi) is 15.4. The molecule has 0 saturated heterocycles. The van der Waals surface area contributed by atoms with Crippen molar-refractivity contribution in [2.24, 2.45) is 5.73 Å². The van der Waals surface area contributed by atoms with Gasteiger partial charge in [0.05, 0.1) is 12.6 Å². The van der Waals surface area contributed by atoms with E-state index in [1.54, 1.807) is 21.0 Å². The second-order valence-electron chi connectivity index (χ2n) is 5.74. The fourth-order valence-corrected chi connectivity index (χ4v) is 4.48. The van der Waals surface area contributed by atoms with Crippen molar-refractivity contribution in [3.8, 4) is 0 Å². The van der Waals surface area contributed by atoms with Crippen LogP contribution in [0.1, 0.15) is 26.2 Å². The number of carbonyl (C=O) groups excluding carboxylic acids is 2. The monoisotopic (exact) mass is 424 g/mol. The number of rotatable bonds is 16. The molecule has 11 heteroatoms. The highest BCUT2D eigenvalue weighted by molar-refractivity contribution is 8.76. The van der Waals surface area contributed by atoms with Gasteiger partial charge >= 0.3 is 11.9 Å². The summed E-state index contributed by atoms with van der Waals surface area (Å²) in [5.41, 5.74) is 5.71. The first-order valence-corrected chi connectivity index (χ1v) is 11.4. The number of amides is 1. The second-order valence-corrected chi connectivity index (χ2v) is 8.29. The summed E-state index contributed by atoms with van der Waals surface area (Å²) < 4.78 is 4.84. The molecule has 1 amide bonds. The number of ether oxygens (including phenoxy) is 1. The molecule has 0 radical (unpaired) electrons. The highest BCUT2D eigenvalue weighted by atomic mass is 33.1. The van der Waals surface area contributed by atoms with E-state index in [1.165, 1.54) is 21.6 Å². The molecular weight excluding hydrogens is 392 g/mol. The van der Waals surface area contributed by atoms with E-state index in [0.29, 0.717) is 31.1 Å². The van der Waals surface area contributed by atoms with Crippen molar-refractivity contribution in [3.63, 3.8) is 0 Å². The number of hydrogen-bond donors (Lipinski definition) is 5. The van der Waals surface area contributed by atoms with Gasteiger partial charge in [0.2, 0.25) is 5.91 Å². The maximum absolute atomic E-state index is 12.2. The summed E-state index contributed by atoms with van der Waals surface area (Å²) in [5, 5.41) is 17.5. The van der Waals surface area contributed by atoms with Gasteiger partial charge in [-0.3, -0.25) is 14.4 Å². The summed E-state index contributed by atoms with van der Waals surface area (Å²) in [6.07, 6.45) is 1.96. The SMILES string of the molecule is CCOC(=O)C(N)CCCCNC(=O)C(CSSCC(NC)C(=O)O)NC. The van der Waals surface area contributed by atoms with Crippen molar-refractivity contribution in [2.75, 3.05) is 38.8 Å². The van der Waals surface area contributed by atoms with Crippen molar-refractivity contribution in [1.29, 1.82) is 0 Å². The van der Waals surface area contributed by atoms with Gasteiger partial charge < -0.3 is 31.5 Å². The molecule has 0 rings (SSSR count). The van der Waals surface area contributed by atoms with E-state index in [4.69, 9.17) is 15.6 Å². The highest BCUT2D eigenvalue weighted by Gasteiger charge is 2.18. The molecule has 0 aliphatic heterocycles. The molecule has 3 unspecified atom stereocenters. The van der Waals surface area contributed by atoms with Crippen LogP contribution in [0, 0.1) is 0 Å². The summed E-state index contributed by atoms with van der Waals surface area (Å²) in [6.45, 7) is 2.56. The Labute approximate surface area is 168 Å². The summed E-state index contributed by atoms with van der Waals surface area (Å²) in [5.74, 6) is -0.457. The number of carboxylic acids is 1. The van der Waals surface area contributed by atoms with Crippen LogP contribution in [0.4, 0.5) is 0 Å². The molecule has 0 aromatic carbocycles. The molecular formula is C16H32N4O5S2. The molecule has 0 aromatic rings. The molecule has 0 fully saturated rings. The molecule has 0 aliphatic carbocycles. The number of unbranched alkanes of at least 4 members (excludes halogenated alkanes) is 1. The Morgan fingerprint density at radius 2 is 1.67 bits per heavy atom. The molecule has 0 aliphatic rings. The third kappa shape index (κ3) is 12.1. The van der Waals surface area contributed by atoms with Crippen molar-refractivity contribution in [1.82, 2.24) is 16.0 Å². The Morgan fingerprint density at radius 1 is 1.07 bits per heavy atom. The number of hydrogen-bond acceptors (Lipinski definition) is 9. The first kappa shape index (κ1) is 26.0. The fraction of sp³-hybridized carbons (Fsp3) is 0.812. The zero-order valence-electron chi connectivity index (χ0n) is 16.2. The third-order valence-corrected chi connectivity index (χ3v) is 6.12. The van der Waals surface area contributed by atoms with Gasteiger partial charge in [0.1, 0.15) is 12.1 Å². The summed E-state index contributed by atoms with van der Waals surface area (Å²) in [7, 11) is 6.18. The number of nitrogens with one attached hydrogen (secondary N) is 3. The van der Waals surface area contributed by atoms with E-state index in [-0.39, 0.29) is 11.9 Å². The number of carboxylic acid groups (broad SMARTS) is 1. The molecule has 0 aromatic heterocycles. The predicted molar refractivity (Wildman–Crippen MR) is 110 cm³/mol. The zero-order valence-corrected chi connectivity index (χ0v) is 17.8. The Balaban J connectivity index is 3.93. The maximum atomic E-state index is 12.2. The normalized spacial score (nSPS) is 14.2. The van der Waals surface area contributed by atoms with E-state index in [0.717, 1.165) is 12.8 Å². The third-order valence-electron chi connectivity index (χ3n) is 3.69. The van der Waals surface area contributed by atoms with E-state index < -0.39 is 24.0 Å². The van der Waals surface area contributed by atoms with Gasteiger partial charge in [0.15, 0.2) is 0 Å². The average molecular weight is 425 g/mol. The topological polar surface area (TPSA) is 143 Å². The molecule has 0 spiro atoms. The van der Waals surface area contributed by atoms with Crippen LogP contribution in [0.15, 0.2) is 0 Å². The minimum Gasteiger partial charge on any atom is -0.480 e. The van der Waals surface area contributed by atoms with E-state index >= 15 is 0 Å². The van der Waals surface area contributed by atoms with Crippen LogP contribution >= 0.6 is 21.6 Å². The van der Waals surface area contributed by atoms with E-state index in [2.05, 4.69) is 16.0 Å². The average Bonchev–Trinajstić information content (AvgIpc) is 2.64. The molecule has 3 atom stereocenters. The van der Waals surface area contributed by atoms with Crippen LogP contribution < -0.4 is 21.7 Å². The van der Waals surface area contributed by atoms with Crippen LogP contribution in [0.3, 0.4) is 0 Å². The number of carbonyl (C=O) groups is 3. The largest absolute Gasteiger partial charge is 0.480 e. The predicted octanol–water partition coefficient (Wildman–Crippen LogP) is -0.195. The summed E-state index contributed by atoms with van der Waals surface area (Å²) in [6, 6.07) is -1.58. The lowest BCUT2D eigenvalue weighted by Crippen LogP contribution is -2.44. The van der Waals surface area contributed by atoms with Gasteiger partial charge in [-0.05, 0) is 40.3 Å². The fourth-order valence-electron chi connectivity index (χ4n) is 1.99. The molecule has 0 heterocycles.